The van der Waals surface area contributed by atoms with Gasteiger partial charge in [0.05, 0.1) is 32.0 Å². The van der Waals surface area contributed by atoms with E-state index in [1.165, 1.54) is 96.3 Å². The third-order valence-electron chi connectivity index (χ3n) is 10.3. The topological polar surface area (TPSA) is 236 Å². The normalized spacial score (nSPS) is 15.4. The summed E-state index contributed by atoms with van der Waals surface area (Å²) in [4.78, 5) is 52.9. The van der Waals surface area contributed by atoms with E-state index in [9.17, 15) is 38.9 Å². The van der Waals surface area contributed by atoms with Crippen LogP contribution in [0.3, 0.4) is 0 Å². The van der Waals surface area contributed by atoms with Crippen molar-refractivity contribution in [1.82, 2.24) is 0 Å². The number of aliphatic hydroxyl groups excluding tert-OH is 3. The van der Waals surface area contributed by atoms with E-state index in [0.717, 1.165) is 38.0 Å². The van der Waals surface area contributed by atoms with Crippen molar-refractivity contribution in [2.45, 2.75) is 212 Å². The molecule has 0 saturated carbocycles. The smallest absolute Gasteiger partial charge is 0.462 e. The van der Waals surface area contributed by atoms with Crippen molar-refractivity contribution < 1.29 is 71.8 Å². The summed E-state index contributed by atoms with van der Waals surface area (Å²) in [6.45, 7) is 3.78. The van der Waals surface area contributed by atoms with E-state index >= 15 is 0 Å². The van der Waals surface area contributed by atoms with Gasteiger partial charge in [-0.15, -0.1) is 0 Å². The first-order valence-corrected chi connectivity index (χ1v) is 27.4. The molecule has 0 fully saturated rings. The molecule has 1 unspecified atom stereocenters. The molecule has 0 aromatic carbocycles. The van der Waals surface area contributed by atoms with Crippen LogP contribution >= 0.6 is 15.6 Å². The molecule has 0 heterocycles. The molecule has 380 valence electrons. The summed E-state index contributed by atoms with van der Waals surface area (Å²) in [6.07, 6.45) is 35.9. The summed E-state index contributed by atoms with van der Waals surface area (Å²) in [5.74, 6) is -0.453. The Morgan fingerprint density at radius 3 is 1.60 bits per heavy atom. The maximum Gasteiger partial charge on any atom is 0.472 e. The first-order valence-electron chi connectivity index (χ1n) is 24.4. The number of allylic oxidation sites excluding steroid dienone is 5. The van der Waals surface area contributed by atoms with Gasteiger partial charge < -0.3 is 39.5 Å². The highest BCUT2D eigenvalue weighted by molar-refractivity contribution is 7.47. The van der Waals surface area contributed by atoms with Crippen molar-refractivity contribution in [2.24, 2.45) is 5.92 Å². The SMILES string of the molecule is CCCCC/C=C\C[C@H](O)/C=C/C=C/C=C\[C@H](O)CCCC(=O)O[C@H](COC(=O)CCCCCCCCCCCCCCCCCCC(C)C)COP(=O)(O)OC[C@@H](O)COP(=O)(O)O. The van der Waals surface area contributed by atoms with Crippen LogP contribution in [0.15, 0.2) is 48.6 Å². The fourth-order valence-corrected chi connectivity index (χ4v) is 7.71. The van der Waals surface area contributed by atoms with Crippen molar-refractivity contribution >= 4 is 27.6 Å². The monoisotopic (exact) mass is 967 g/mol. The zero-order chi connectivity index (χ0) is 48.4. The molecule has 0 aliphatic rings. The number of unbranched alkanes of at least 4 members (excludes halogenated alkanes) is 18. The second kappa shape index (κ2) is 42.1. The van der Waals surface area contributed by atoms with Gasteiger partial charge >= 0.3 is 27.6 Å². The second-order valence-corrected chi connectivity index (χ2v) is 20.0. The summed E-state index contributed by atoms with van der Waals surface area (Å²) in [6, 6.07) is 0. The maximum atomic E-state index is 12.7. The molecule has 5 atom stereocenters. The first kappa shape index (κ1) is 63.0. The molecule has 0 amide bonds. The Kier molecular flexibility index (Phi) is 40.8. The molecule has 0 saturated heterocycles. The third kappa shape index (κ3) is 46.9. The van der Waals surface area contributed by atoms with Crippen molar-refractivity contribution in [3.8, 4) is 0 Å². The standard InChI is InChI=1S/C48H88O15P2/c1-4-5-6-7-21-26-32-43(49)33-27-23-24-28-34-44(50)35-30-37-48(53)63-46(41-62-65(57,58)61-39-45(51)38-60-64(54,55)56)40-59-47(52)36-29-22-19-17-15-13-11-9-8-10-12-14-16-18-20-25-31-42(2)3/h21,23-24,26-28,33-34,42-46,49-51H,4-20,22,25,29-32,35-41H2,1-3H3,(H,57,58)(H2,54,55,56)/b24-23+,26-21-,33-27+,34-28-/t43-,44-,45-,46+/m0/s1. The van der Waals surface area contributed by atoms with Gasteiger partial charge in [-0.25, -0.2) is 9.13 Å². The zero-order valence-corrected chi connectivity index (χ0v) is 41.8. The average Bonchev–Trinajstić information content (AvgIpc) is 3.24. The van der Waals surface area contributed by atoms with Crippen LogP contribution in [0, 0.1) is 5.92 Å². The lowest BCUT2D eigenvalue weighted by atomic mass is 10.0. The van der Waals surface area contributed by atoms with Gasteiger partial charge in [-0.1, -0.05) is 185 Å². The highest BCUT2D eigenvalue weighted by Gasteiger charge is 2.28. The molecule has 0 rings (SSSR count). The number of hydrogen-bond acceptors (Lipinski definition) is 12. The number of aliphatic hydroxyl groups is 3. The number of carbonyl (C=O) groups is 2. The van der Waals surface area contributed by atoms with Gasteiger partial charge in [0.1, 0.15) is 12.7 Å². The van der Waals surface area contributed by atoms with Gasteiger partial charge in [-0.3, -0.25) is 23.2 Å². The Morgan fingerprint density at radius 1 is 0.538 bits per heavy atom. The van der Waals surface area contributed by atoms with E-state index in [4.69, 9.17) is 23.8 Å². The highest BCUT2D eigenvalue weighted by Crippen LogP contribution is 2.44. The van der Waals surface area contributed by atoms with Crippen LogP contribution in [0.1, 0.15) is 188 Å². The summed E-state index contributed by atoms with van der Waals surface area (Å²) in [7, 11) is -9.78. The molecule has 0 aliphatic carbocycles. The van der Waals surface area contributed by atoms with E-state index in [0.29, 0.717) is 12.8 Å². The van der Waals surface area contributed by atoms with Crippen LogP contribution in [0.25, 0.3) is 0 Å². The second-order valence-electron chi connectivity index (χ2n) is 17.3. The molecule has 0 bridgehead atoms. The average molecular weight is 967 g/mol. The van der Waals surface area contributed by atoms with Crippen LogP contribution in [-0.2, 0) is 41.8 Å². The van der Waals surface area contributed by atoms with Crippen molar-refractivity contribution in [1.29, 1.82) is 0 Å². The van der Waals surface area contributed by atoms with Crippen LogP contribution in [-0.4, -0.2) is 92.8 Å². The summed E-state index contributed by atoms with van der Waals surface area (Å²) in [5.41, 5.74) is 0. The fourth-order valence-electron chi connectivity index (χ4n) is 6.55. The number of hydrogen-bond donors (Lipinski definition) is 6. The van der Waals surface area contributed by atoms with Gasteiger partial charge in [-0.05, 0) is 44.4 Å². The zero-order valence-electron chi connectivity index (χ0n) is 40.0. The van der Waals surface area contributed by atoms with E-state index in [1.54, 1.807) is 36.5 Å². The molecular weight excluding hydrogens is 878 g/mol. The molecular formula is C48H88O15P2. The molecule has 17 heteroatoms. The van der Waals surface area contributed by atoms with Crippen molar-refractivity contribution in [2.75, 3.05) is 26.4 Å². The lowest BCUT2D eigenvalue weighted by Gasteiger charge is -2.20. The van der Waals surface area contributed by atoms with Crippen LogP contribution in [0.2, 0.25) is 0 Å². The quantitative estimate of drug-likeness (QED) is 0.0109. The summed E-state index contributed by atoms with van der Waals surface area (Å²) in [5, 5.41) is 30.1. The minimum Gasteiger partial charge on any atom is -0.462 e. The van der Waals surface area contributed by atoms with Gasteiger partial charge in [0.15, 0.2) is 6.10 Å². The van der Waals surface area contributed by atoms with Crippen molar-refractivity contribution in [3.05, 3.63) is 48.6 Å². The van der Waals surface area contributed by atoms with E-state index in [2.05, 4.69) is 35.9 Å². The third-order valence-corrected chi connectivity index (χ3v) is 11.8. The minimum atomic E-state index is -4.90. The molecule has 6 N–H and O–H groups in total. The Hall–Kier alpha value is -2.00. The highest BCUT2D eigenvalue weighted by atomic mass is 31.2. The number of carbonyl (C=O) groups excluding carboxylic acids is 2. The van der Waals surface area contributed by atoms with Crippen LogP contribution in [0.5, 0.6) is 0 Å². The number of rotatable bonds is 45. The van der Waals surface area contributed by atoms with E-state index < -0.39 is 78.4 Å². The lowest BCUT2D eigenvalue weighted by molar-refractivity contribution is -0.161. The number of phosphoric ester groups is 2. The lowest BCUT2D eigenvalue weighted by Crippen LogP contribution is -2.30. The van der Waals surface area contributed by atoms with Crippen LogP contribution in [0.4, 0.5) is 0 Å². The number of ether oxygens (including phenoxy) is 2. The van der Waals surface area contributed by atoms with Gasteiger partial charge in [-0.2, -0.15) is 0 Å². The maximum absolute atomic E-state index is 12.7. The Labute approximate surface area is 391 Å². The predicted molar refractivity (Wildman–Crippen MR) is 256 cm³/mol. The van der Waals surface area contributed by atoms with Gasteiger partial charge in [0, 0.05) is 12.8 Å². The Morgan fingerprint density at radius 2 is 1.05 bits per heavy atom. The van der Waals surface area contributed by atoms with E-state index in [1.807, 2.05) is 6.08 Å². The van der Waals surface area contributed by atoms with Crippen molar-refractivity contribution in [3.63, 3.8) is 0 Å². The largest absolute Gasteiger partial charge is 0.472 e. The number of phosphoric acid groups is 2. The Balaban J connectivity index is 4.66. The molecule has 0 spiro atoms. The number of esters is 2. The molecule has 0 aromatic rings. The molecule has 0 aliphatic heterocycles. The summed E-state index contributed by atoms with van der Waals surface area (Å²) < 4.78 is 47.7. The summed E-state index contributed by atoms with van der Waals surface area (Å²) >= 11 is 0. The molecule has 0 aromatic heterocycles. The molecule has 0 radical (unpaired) electrons. The fraction of sp³-hybridized carbons (Fsp3) is 0.792. The molecule has 15 nitrogen and oxygen atoms in total. The predicted octanol–water partition coefficient (Wildman–Crippen LogP) is 10.8. The van der Waals surface area contributed by atoms with Crippen LogP contribution < -0.4 is 0 Å². The Bertz CT molecular complexity index is 1380. The molecule has 65 heavy (non-hydrogen) atoms. The van der Waals surface area contributed by atoms with Gasteiger partial charge in [0.2, 0.25) is 0 Å². The van der Waals surface area contributed by atoms with E-state index in [-0.39, 0.29) is 25.7 Å². The first-order chi connectivity index (χ1) is 31.0. The minimum absolute atomic E-state index is 0.128. The van der Waals surface area contributed by atoms with Gasteiger partial charge in [0.25, 0.3) is 0 Å².